The highest BCUT2D eigenvalue weighted by atomic mass is 16.5. The second kappa shape index (κ2) is 5.52. The minimum atomic E-state index is -0.393. The lowest BCUT2D eigenvalue weighted by Crippen LogP contribution is -2.26. The molecule has 94 valence electrons. The predicted molar refractivity (Wildman–Crippen MR) is 68.2 cm³/mol. The Kier molecular flexibility index (Phi) is 4.02. The highest BCUT2D eigenvalue weighted by molar-refractivity contribution is 5.29. The summed E-state index contributed by atoms with van der Waals surface area (Å²) >= 11 is 0. The Morgan fingerprint density at radius 2 is 2.35 bits per heavy atom. The van der Waals surface area contributed by atoms with Crippen LogP contribution < -0.4 is 4.74 Å². The fraction of sp³-hybridized carbons (Fsp3) is 0.571. The Hall–Kier alpha value is -1.06. The maximum atomic E-state index is 10.2. The third kappa shape index (κ3) is 2.99. The van der Waals surface area contributed by atoms with E-state index < -0.39 is 6.10 Å². The number of rotatable bonds is 4. The van der Waals surface area contributed by atoms with Gasteiger partial charge >= 0.3 is 0 Å². The highest BCUT2D eigenvalue weighted by Gasteiger charge is 2.24. The van der Waals surface area contributed by atoms with E-state index in [9.17, 15) is 5.11 Å². The molecular weight excluding hydrogens is 214 g/mol. The fourth-order valence-corrected chi connectivity index (χ4v) is 2.52. The highest BCUT2D eigenvalue weighted by Crippen LogP contribution is 2.27. The van der Waals surface area contributed by atoms with Crippen molar-refractivity contribution in [3.8, 4) is 5.75 Å². The van der Waals surface area contributed by atoms with Crippen molar-refractivity contribution in [1.29, 1.82) is 0 Å². The van der Waals surface area contributed by atoms with Gasteiger partial charge in [-0.05, 0) is 50.6 Å². The van der Waals surface area contributed by atoms with Crippen LogP contribution in [-0.4, -0.2) is 36.8 Å². The first kappa shape index (κ1) is 12.4. The number of likely N-dealkylation sites (tertiary alicyclic amines) is 1. The molecule has 0 aliphatic carbocycles. The standard InChI is InChI=1S/C14H21NO2/c1-15-8-4-6-12(15)10-14(16)11-5-3-7-13(9-11)17-2/h3,5,7,9,12,14,16H,4,6,8,10H2,1-2H3/t12?,14-/m0/s1. The average Bonchev–Trinajstić information content (AvgIpc) is 2.75. The van der Waals surface area contributed by atoms with Crippen molar-refractivity contribution >= 4 is 0 Å². The molecule has 3 heteroatoms. The maximum Gasteiger partial charge on any atom is 0.119 e. The van der Waals surface area contributed by atoms with Crippen LogP contribution in [0.4, 0.5) is 0 Å². The van der Waals surface area contributed by atoms with Gasteiger partial charge in [-0.15, -0.1) is 0 Å². The van der Waals surface area contributed by atoms with E-state index in [-0.39, 0.29) is 0 Å². The zero-order valence-electron chi connectivity index (χ0n) is 10.6. The van der Waals surface area contributed by atoms with E-state index >= 15 is 0 Å². The van der Waals surface area contributed by atoms with Gasteiger partial charge in [0.1, 0.15) is 5.75 Å². The number of aliphatic hydroxyl groups is 1. The van der Waals surface area contributed by atoms with Gasteiger partial charge in [-0.2, -0.15) is 0 Å². The summed E-state index contributed by atoms with van der Waals surface area (Å²) in [5, 5.41) is 10.2. The van der Waals surface area contributed by atoms with Gasteiger partial charge in [0.25, 0.3) is 0 Å². The molecule has 1 fully saturated rings. The van der Waals surface area contributed by atoms with E-state index in [1.807, 2.05) is 24.3 Å². The van der Waals surface area contributed by atoms with Gasteiger partial charge in [-0.3, -0.25) is 0 Å². The molecule has 0 spiro atoms. The van der Waals surface area contributed by atoms with Crippen LogP contribution >= 0.6 is 0 Å². The van der Waals surface area contributed by atoms with E-state index in [1.165, 1.54) is 12.8 Å². The van der Waals surface area contributed by atoms with Crippen LogP contribution in [0.1, 0.15) is 30.9 Å². The first-order valence-corrected chi connectivity index (χ1v) is 6.23. The quantitative estimate of drug-likeness (QED) is 0.868. The topological polar surface area (TPSA) is 32.7 Å². The molecule has 0 radical (unpaired) electrons. The van der Waals surface area contributed by atoms with E-state index in [4.69, 9.17) is 4.74 Å². The predicted octanol–water partition coefficient (Wildman–Crippen LogP) is 2.21. The van der Waals surface area contributed by atoms with Crippen molar-refractivity contribution in [3.63, 3.8) is 0 Å². The molecule has 0 amide bonds. The lowest BCUT2D eigenvalue weighted by atomic mass is 10.0. The third-order valence-corrected chi connectivity index (χ3v) is 3.65. The molecule has 1 aromatic carbocycles. The summed E-state index contributed by atoms with van der Waals surface area (Å²) in [7, 11) is 3.78. The van der Waals surface area contributed by atoms with Crippen LogP contribution in [0, 0.1) is 0 Å². The molecule has 0 bridgehead atoms. The summed E-state index contributed by atoms with van der Waals surface area (Å²) in [5.74, 6) is 0.807. The summed E-state index contributed by atoms with van der Waals surface area (Å²) in [6, 6.07) is 8.21. The first-order chi connectivity index (χ1) is 8.20. The SMILES string of the molecule is COc1cccc([C@@H](O)CC2CCCN2C)c1. The molecule has 0 saturated carbocycles. The number of benzene rings is 1. The molecule has 1 N–H and O–H groups in total. The lowest BCUT2D eigenvalue weighted by Gasteiger charge is -2.22. The van der Waals surface area contributed by atoms with Gasteiger partial charge in [0.05, 0.1) is 13.2 Å². The molecule has 2 atom stereocenters. The van der Waals surface area contributed by atoms with Crippen molar-refractivity contribution in [3.05, 3.63) is 29.8 Å². The molecule has 1 unspecified atom stereocenters. The summed E-state index contributed by atoms with van der Waals surface area (Å²) in [6.07, 6.45) is 2.85. The Bertz CT molecular complexity index is 367. The van der Waals surface area contributed by atoms with Crippen molar-refractivity contribution < 1.29 is 9.84 Å². The van der Waals surface area contributed by atoms with Gasteiger partial charge in [0.2, 0.25) is 0 Å². The molecule has 2 rings (SSSR count). The number of ether oxygens (including phenoxy) is 1. The van der Waals surface area contributed by atoms with Crippen LogP contribution in [0.2, 0.25) is 0 Å². The Morgan fingerprint density at radius 1 is 1.53 bits per heavy atom. The number of hydrogen-bond acceptors (Lipinski definition) is 3. The normalized spacial score (nSPS) is 22.6. The van der Waals surface area contributed by atoms with Gasteiger partial charge in [-0.25, -0.2) is 0 Å². The lowest BCUT2D eigenvalue weighted by molar-refractivity contribution is 0.130. The summed E-state index contributed by atoms with van der Waals surface area (Å²) < 4.78 is 5.17. The number of methoxy groups -OCH3 is 1. The molecule has 0 aromatic heterocycles. The maximum absolute atomic E-state index is 10.2. The summed E-state index contributed by atoms with van der Waals surface area (Å²) in [5.41, 5.74) is 0.949. The van der Waals surface area contributed by atoms with Crippen molar-refractivity contribution in [2.24, 2.45) is 0 Å². The average molecular weight is 235 g/mol. The monoisotopic (exact) mass is 235 g/mol. The molecule has 17 heavy (non-hydrogen) atoms. The van der Waals surface area contributed by atoms with Crippen molar-refractivity contribution in [2.45, 2.75) is 31.4 Å². The molecule has 3 nitrogen and oxygen atoms in total. The van der Waals surface area contributed by atoms with E-state index in [0.29, 0.717) is 6.04 Å². The van der Waals surface area contributed by atoms with Crippen LogP contribution in [-0.2, 0) is 0 Å². The second-order valence-corrected chi connectivity index (χ2v) is 4.80. The van der Waals surface area contributed by atoms with Gasteiger partial charge in [-0.1, -0.05) is 12.1 Å². The molecule has 1 aliphatic heterocycles. The van der Waals surface area contributed by atoms with Crippen LogP contribution in [0.25, 0.3) is 0 Å². The fourth-order valence-electron chi connectivity index (χ4n) is 2.52. The van der Waals surface area contributed by atoms with E-state index in [2.05, 4.69) is 11.9 Å². The molecule has 1 saturated heterocycles. The van der Waals surface area contributed by atoms with Crippen LogP contribution in [0.3, 0.4) is 0 Å². The van der Waals surface area contributed by atoms with Gasteiger partial charge < -0.3 is 14.7 Å². The van der Waals surface area contributed by atoms with Gasteiger partial charge in [0, 0.05) is 6.04 Å². The molecule has 1 aliphatic rings. The third-order valence-electron chi connectivity index (χ3n) is 3.65. The smallest absolute Gasteiger partial charge is 0.119 e. The zero-order chi connectivity index (χ0) is 12.3. The van der Waals surface area contributed by atoms with Crippen molar-refractivity contribution in [1.82, 2.24) is 4.90 Å². The Balaban J connectivity index is 2.00. The minimum absolute atomic E-state index is 0.393. The van der Waals surface area contributed by atoms with E-state index in [1.54, 1.807) is 7.11 Å². The zero-order valence-corrected chi connectivity index (χ0v) is 10.6. The number of hydrogen-bond donors (Lipinski definition) is 1. The van der Waals surface area contributed by atoms with Crippen molar-refractivity contribution in [2.75, 3.05) is 20.7 Å². The van der Waals surface area contributed by atoms with Crippen LogP contribution in [0.15, 0.2) is 24.3 Å². The molecule has 1 aromatic rings. The first-order valence-electron chi connectivity index (χ1n) is 6.23. The Labute approximate surface area is 103 Å². The van der Waals surface area contributed by atoms with Gasteiger partial charge in [0.15, 0.2) is 0 Å². The summed E-state index contributed by atoms with van der Waals surface area (Å²) in [4.78, 5) is 2.34. The van der Waals surface area contributed by atoms with E-state index in [0.717, 1.165) is 24.3 Å². The Morgan fingerprint density at radius 3 is 3.00 bits per heavy atom. The number of aliphatic hydroxyl groups excluding tert-OH is 1. The molecular formula is C14H21NO2. The minimum Gasteiger partial charge on any atom is -0.497 e. The number of nitrogens with zero attached hydrogens (tertiary/aromatic N) is 1. The molecule has 1 heterocycles. The summed E-state index contributed by atoms with van der Waals surface area (Å²) in [6.45, 7) is 1.15. The largest absolute Gasteiger partial charge is 0.497 e. The second-order valence-electron chi connectivity index (χ2n) is 4.80. The van der Waals surface area contributed by atoms with Crippen LogP contribution in [0.5, 0.6) is 5.75 Å².